The van der Waals surface area contributed by atoms with Gasteiger partial charge in [0.25, 0.3) is 0 Å². The van der Waals surface area contributed by atoms with Crippen LogP contribution in [0.2, 0.25) is 0 Å². The molecule has 0 bridgehead atoms. The summed E-state index contributed by atoms with van der Waals surface area (Å²) in [4.78, 5) is 8.14. The summed E-state index contributed by atoms with van der Waals surface area (Å²) in [6.07, 6.45) is 10.6. The average Bonchev–Trinajstić information content (AvgIpc) is 2.23. The minimum absolute atomic E-state index is 0.838. The fourth-order valence-electron chi connectivity index (χ4n) is 0.837. The van der Waals surface area contributed by atoms with Gasteiger partial charge in [-0.05, 0) is 13.0 Å². The molecule has 0 heterocycles. The molecule has 74 valence electrons. The van der Waals surface area contributed by atoms with E-state index in [0.717, 1.165) is 11.3 Å². The van der Waals surface area contributed by atoms with E-state index >= 15 is 0 Å². The van der Waals surface area contributed by atoms with E-state index in [2.05, 4.69) is 23.1 Å². The third-order valence-corrected chi connectivity index (χ3v) is 1.51. The number of nitrogens with zero attached hydrogens (tertiary/aromatic N) is 2. The van der Waals surface area contributed by atoms with Crippen molar-refractivity contribution in [2.45, 2.75) is 6.92 Å². The number of hydrogen-bond acceptors (Lipinski definition) is 2. The van der Waals surface area contributed by atoms with Gasteiger partial charge in [0.05, 0.1) is 5.71 Å². The first-order valence-electron chi connectivity index (χ1n) is 4.36. The van der Waals surface area contributed by atoms with Crippen LogP contribution in [0.1, 0.15) is 6.92 Å². The largest absolute Gasteiger partial charge is 0.288 e. The molecular formula is C12H16N2. The fraction of sp³-hybridized carbons (Fsp3) is 0.167. The summed E-state index contributed by atoms with van der Waals surface area (Å²) in [6, 6.07) is 0. The summed E-state index contributed by atoms with van der Waals surface area (Å²) in [5.41, 5.74) is 1.73. The monoisotopic (exact) mass is 188 g/mol. The Hall–Kier alpha value is -1.70. The van der Waals surface area contributed by atoms with E-state index < -0.39 is 0 Å². The van der Waals surface area contributed by atoms with E-state index in [9.17, 15) is 0 Å². The third kappa shape index (κ3) is 4.36. The molecule has 0 N–H and O–H groups in total. The number of aliphatic imine (C=N–C) groups is 2. The lowest BCUT2D eigenvalue weighted by molar-refractivity contribution is 1.42. The molecule has 2 heteroatoms. The lowest BCUT2D eigenvalue weighted by Crippen LogP contribution is -1.95. The molecule has 2 nitrogen and oxygen atoms in total. The molecule has 14 heavy (non-hydrogen) atoms. The van der Waals surface area contributed by atoms with Crippen LogP contribution in [0, 0.1) is 0 Å². The molecule has 0 aliphatic rings. The SMILES string of the molecule is C=C/C=C\C(=NC)/C(C=C)=C/N=CC. The van der Waals surface area contributed by atoms with Crippen molar-refractivity contribution in [2.24, 2.45) is 9.98 Å². The van der Waals surface area contributed by atoms with Crippen LogP contribution in [0.25, 0.3) is 0 Å². The van der Waals surface area contributed by atoms with Crippen molar-refractivity contribution in [3.63, 3.8) is 0 Å². The first-order chi connectivity index (χ1) is 6.79. The number of rotatable bonds is 5. The van der Waals surface area contributed by atoms with Crippen LogP contribution < -0.4 is 0 Å². The van der Waals surface area contributed by atoms with E-state index in [1.807, 2.05) is 19.1 Å². The number of hydrogen-bond donors (Lipinski definition) is 0. The zero-order valence-corrected chi connectivity index (χ0v) is 8.77. The first kappa shape index (κ1) is 12.3. The zero-order chi connectivity index (χ0) is 10.8. The molecule has 0 amide bonds. The van der Waals surface area contributed by atoms with Crippen molar-refractivity contribution in [3.8, 4) is 0 Å². The first-order valence-corrected chi connectivity index (χ1v) is 4.36. The molecule has 0 spiro atoms. The van der Waals surface area contributed by atoms with Gasteiger partial charge in [-0.2, -0.15) is 0 Å². The quantitative estimate of drug-likeness (QED) is 0.468. The maximum absolute atomic E-state index is 4.12. The van der Waals surface area contributed by atoms with Crippen LogP contribution in [0.15, 0.2) is 59.2 Å². The van der Waals surface area contributed by atoms with E-state index in [0.29, 0.717) is 0 Å². The molecular weight excluding hydrogens is 172 g/mol. The van der Waals surface area contributed by atoms with Gasteiger partial charge >= 0.3 is 0 Å². The Bertz CT molecular complexity index is 304. The van der Waals surface area contributed by atoms with Gasteiger partial charge in [-0.25, -0.2) is 0 Å². The molecule has 0 radical (unpaired) electrons. The summed E-state index contributed by atoms with van der Waals surface area (Å²) < 4.78 is 0. The highest BCUT2D eigenvalue weighted by molar-refractivity contribution is 6.10. The topological polar surface area (TPSA) is 24.7 Å². The Morgan fingerprint density at radius 2 is 2.00 bits per heavy atom. The predicted octanol–water partition coefficient (Wildman–Crippen LogP) is 2.96. The van der Waals surface area contributed by atoms with E-state index in [1.165, 1.54) is 0 Å². The molecule has 0 aliphatic carbocycles. The van der Waals surface area contributed by atoms with Crippen molar-refractivity contribution in [3.05, 3.63) is 49.2 Å². The predicted molar refractivity (Wildman–Crippen MR) is 65.1 cm³/mol. The van der Waals surface area contributed by atoms with Crippen LogP contribution in [0.3, 0.4) is 0 Å². The van der Waals surface area contributed by atoms with Gasteiger partial charge in [-0.3, -0.25) is 9.98 Å². The van der Waals surface area contributed by atoms with Gasteiger partial charge in [0.1, 0.15) is 0 Å². The summed E-state index contributed by atoms with van der Waals surface area (Å²) in [6.45, 7) is 9.17. The lowest BCUT2D eigenvalue weighted by atomic mass is 10.1. The van der Waals surface area contributed by atoms with Gasteiger partial charge in [0, 0.05) is 25.0 Å². The number of allylic oxidation sites excluding steroid dienone is 5. The van der Waals surface area contributed by atoms with Crippen LogP contribution in [-0.4, -0.2) is 19.0 Å². The second-order valence-electron chi connectivity index (χ2n) is 2.40. The van der Waals surface area contributed by atoms with Crippen molar-refractivity contribution >= 4 is 11.9 Å². The average molecular weight is 188 g/mol. The third-order valence-electron chi connectivity index (χ3n) is 1.51. The van der Waals surface area contributed by atoms with Gasteiger partial charge in [-0.1, -0.05) is 31.4 Å². The van der Waals surface area contributed by atoms with Gasteiger partial charge in [-0.15, -0.1) is 0 Å². The van der Waals surface area contributed by atoms with E-state index in [4.69, 9.17) is 0 Å². The highest BCUT2D eigenvalue weighted by atomic mass is 14.7. The summed E-state index contributed by atoms with van der Waals surface area (Å²) >= 11 is 0. The maximum Gasteiger partial charge on any atom is 0.0658 e. The Balaban J connectivity index is 4.89. The zero-order valence-electron chi connectivity index (χ0n) is 8.77. The normalized spacial score (nSPS) is 13.9. The van der Waals surface area contributed by atoms with E-state index in [1.54, 1.807) is 31.6 Å². The molecule has 0 fully saturated rings. The van der Waals surface area contributed by atoms with Gasteiger partial charge in [0.15, 0.2) is 0 Å². The van der Waals surface area contributed by atoms with Gasteiger partial charge in [0.2, 0.25) is 0 Å². The van der Waals surface area contributed by atoms with Crippen molar-refractivity contribution < 1.29 is 0 Å². The highest BCUT2D eigenvalue weighted by Gasteiger charge is 1.96. The molecule has 0 saturated carbocycles. The molecule has 0 rings (SSSR count). The second kappa shape index (κ2) is 7.92. The molecule has 0 aliphatic heterocycles. The molecule has 0 aromatic carbocycles. The van der Waals surface area contributed by atoms with E-state index in [-0.39, 0.29) is 0 Å². The highest BCUT2D eigenvalue weighted by Crippen LogP contribution is 2.02. The summed E-state index contributed by atoms with van der Waals surface area (Å²) in [7, 11) is 1.73. The van der Waals surface area contributed by atoms with Crippen molar-refractivity contribution in [1.82, 2.24) is 0 Å². The Kier molecular flexibility index (Phi) is 6.96. The van der Waals surface area contributed by atoms with Crippen LogP contribution in [-0.2, 0) is 0 Å². The maximum atomic E-state index is 4.12. The molecule has 0 aromatic heterocycles. The Labute approximate surface area is 85.8 Å². The Morgan fingerprint density at radius 1 is 1.29 bits per heavy atom. The molecule has 0 aromatic rings. The minimum Gasteiger partial charge on any atom is -0.288 e. The van der Waals surface area contributed by atoms with Crippen LogP contribution in [0.4, 0.5) is 0 Å². The summed E-state index contributed by atoms with van der Waals surface area (Å²) in [5, 5.41) is 0. The lowest BCUT2D eigenvalue weighted by Gasteiger charge is -1.98. The van der Waals surface area contributed by atoms with Crippen LogP contribution >= 0.6 is 0 Å². The van der Waals surface area contributed by atoms with Gasteiger partial charge < -0.3 is 0 Å². The summed E-state index contributed by atoms with van der Waals surface area (Å²) in [5.74, 6) is 0. The molecule has 0 atom stereocenters. The van der Waals surface area contributed by atoms with Crippen molar-refractivity contribution in [2.75, 3.05) is 7.05 Å². The molecule has 0 unspecified atom stereocenters. The minimum atomic E-state index is 0.838. The standard InChI is InChI=1S/C12H16N2/c1-5-8-9-12(13-4)11(6-2)10-14-7-3/h5-10H,1-2H2,3-4H3/b9-8-,11-10+,13-12?,14-7?. The second-order valence-corrected chi connectivity index (χ2v) is 2.40. The van der Waals surface area contributed by atoms with Crippen molar-refractivity contribution in [1.29, 1.82) is 0 Å². The molecule has 0 saturated heterocycles. The van der Waals surface area contributed by atoms with Crippen LogP contribution in [0.5, 0.6) is 0 Å². The Morgan fingerprint density at radius 3 is 2.43 bits per heavy atom. The fourth-order valence-corrected chi connectivity index (χ4v) is 0.837. The smallest absolute Gasteiger partial charge is 0.0658 e.